The number of nitrogens with zero attached hydrogens (tertiary/aromatic N) is 2. The van der Waals surface area contributed by atoms with Gasteiger partial charge in [0.15, 0.2) is 0 Å². The predicted molar refractivity (Wildman–Crippen MR) is 115 cm³/mol. The van der Waals surface area contributed by atoms with Crippen molar-refractivity contribution < 1.29 is 18.3 Å². The van der Waals surface area contributed by atoms with Gasteiger partial charge in [0.25, 0.3) is 11.5 Å². The van der Waals surface area contributed by atoms with Crippen LogP contribution in [-0.4, -0.2) is 29.5 Å². The topological polar surface area (TPSA) is 51.5 Å². The second kappa shape index (κ2) is 9.31. The van der Waals surface area contributed by atoms with Crippen molar-refractivity contribution in [3.8, 4) is 5.75 Å². The number of amides is 1. The first kappa shape index (κ1) is 22.5. The summed E-state index contributed by atoms with van der Waals surface area (Å²) in [5.74, 6) is -1.45. The van der Waals surface area contributed by atoms with Gasteiger partial charge in [-0.2, -0.15) is 0 Å². The summed E-state index contributed by atoms with van der Waals surface area (Å²) in [5.41, 5.74) is 1.52. The lowest BCUT2D eigenvalue weighted by Gasteiger charge is -2.15. The highest BCUT2D eigenvalue weighted by molar-refractivity contribution is 6.31. The van der Waals surface area contributed by atoms with Crippen molar-refractivity contribution in [1.82, 2.24) is 9.47 Å². The molecule has 0 saturated heterocycles. The van der Waals surface area contributed by atoms with Crippen molar-refractivity contribution >= 4 is 17.5 Å². The van der Waals surface area contributed by atoms with Crippen molar-refractivity contribution in [3.05, 3.63) is 97.9 Å². The van der Waals surface area contributed by atoms with E-state index in [2.05, 4.69) is 0 Å². The third-order valence-corrected chi connectivity index (χ3v) is 5.08. The summed E-state index contributed by atoms with van der Waals surface area (Å²) < 4.78 is 33.9. The zero-order valence-corrected chi connectivity index (χ0v) is 18.0. The van der Waals surface area contributed by atoms with Crippen molar-refractivity contribution in [3.63, 3.8) is 0 Å². The summed E-state index contributed by atoms with van der Waals surface area (Å²) >= 11 is 6.22. The minimum atomic E-state index is -0.742. The molecule has 5 nitrogen and oxygen atoms in total. The van der Waals surface area contributed by atoms with Crippen LogP contribution in [0.1, 0.15) is 27.2 Å². The van der Waals surface area contributed by atoms with E-state index in [1.54, 1.807) is 45.3 Å². The SMILES string of the molecule is Cc1cc(OCc2ccc(F)cc2F)c(Cl)c(=O)n1Cc1cccc(C(=O)N(C)C)c1. The minimum Gasteiger partial charge on any atom is -0.487 e. The Balaban J connectivity index is 1.84. The molecule has 0 radical (unpaired) electrons. The number of carbonyl (C=O) groups excluding carboxylic acids is 1. The quantitative estimate of drug-likeness (QED) is 0.563. The molecule has 8 heteroatoms. The molecule has 0 aliphatic rings. The molecule has 0 fully saturated rings. The Bertz CT molecular complexity index is 1190. The van der Waals surface area contributed by atoms with Crippen molar-refractivity contribution in [1.29, 1.82) is 0 Å². The number of ether oxygens (including phenoxy) is 1. The Morgan fingerprint density at radius 3 is 2.55 bits per heavy atom. The first-order valence-electron chi connectivity index (χ1n) is 9.44. The van der Waals surface area contributed by atoms with Crippen molar-refractivity contribution in [2.24, 2.45) is 0 Å². The van der Waals surface area contributed by atoms with E-state index in [4.69, 9.17) is 16.3 Å². The van der Waals surface area contributed by atoms with Gasteiger partial charge >= 0.3 is 0 Å². The molecule has 0 saturated carbocycles. The van der Waals surface area contributed by atoms with E-state index in [0.29, 0.717) is 11.3 Å². The third kappa shape index (κ3) is 5.11. The number of rotatable bonds is 6. The fraction of sp³-hybridized carbons (Fsp3) is 0.217. The number of aromatic nitrogens is 1. The Hall–Kier alpha value is -3.19. The Kier molecular flexibility index (Phi) is 6.75. The third-order valence-electron chi connectivity index (χ3n) is 4.73. The molecular weight excluding hydrogens is 426 g/mol. The van der Waals surface area contributed by atoms with Crippen LogP contribution in [0.25, 0.3) is 0 Å². The van der Waals surface area contributed by atoms with Crippen LogP contribution in [0.5, 0.6) is 5.75 Å². The Morgan fingerprint density at radius 1 is 1.13 bits per heavy atom. The largest absolute Gasteiger partial charge is 0.487 e. The average Bonchev–Trinajstić information content (AvgIpc) is 2.73. The van der Waals surface area contributed by atoms with Crippen LogP contribution >= 0.6 is 11.6 Å². The van der Waals surface area contributed by atoms with E-state index in [0.717, 1.165) is 17.7 Å². The second-order valence-corrected chi connectivity index (χ2v) is 7.66. The van der Waals surface area contributed by atoms with E-state index in [9.17, 15) is 18.4 Å². The van der Waals surface area contributed by atoms with Crippen LogP contribution in [0.4, 0.5) is 8.78 Å². The van der Waals surface area contributed by atoms with Crippen molar-refractivity contribution in [2.45, 2.75) is 20.1 Å². The first-order chi connectivity index (χ1) is 14.7. The molecule has 1 aromatic heterocycles. The van der Waals surface area contributed by atoms with Gasteiger partial charge in [-0.1, -0.05) is 23.7 Å². The Morgan fingerprint density at radius 2 is 1.87 bits per heavy atom. The van der Waals surface area contributed by atoms with Gasteiger partial charge in [-0.05, 0) is 36.8 Å². The van der Waals surface area contributed by atoms with Gasteiger partial charge in [0.2, 0.25) is 0 Å². The highest BCUT2D eigenvalue weighted by atomic mass is 35.5. The van der Waals surface area contributed by atoms with Crippen molar-refractivity contribution in [2.75, 3.05) is 14.1 Å². The molecule has 0 bridgehead atoms. The molecule has 162 valence electrons. The van der Waals surface area contributed by atoms with Crippen LogP contribution in [0, 0.1) is 18.6 Å². The van der Waals surface area contributed by atoms with Crippen LogP contribution in [0.15, 0.2) is 53.3 Å². The smallest absolute Gasteiger partial charge is 0.273 e. The number of aryl methyl sites for hydroxylation is 1. The Labute approximate surface area is 183 Å². The maximum Gasteiger partial charge on any atom is 0.273 e. The number of benzene rings is 2. The summed E-state index contributed by atoms with van der Waals surface area (Å²) in [4.78, 5) is 26.5. The maximum atomic E-state index is 13.8. The van der Waals surface area contributed by atoms with E-state index >= 15 is 0 Å². The fourth-order valence-corrected chi connectivity index (χ4v) is 3.27. The van der Waals surface area contributed by atoms with Gasteiger partial charge in [-0.15, -0.1) is 0 Å². The van der Waals surface area contributed by atoms with Gasteiger partial charge in [-0.25, -0.2) is 8.78 Å². The molecular formula is C23H21ClF2N2O3. The summed E-state index contributed by atoms with van der Waals surface area (Å²) in [6, 6.07) is 11.7. The van der Waals surface area contributed by atoms with Crippen LogP contribution < -0.4 is 10.3 Å². The van der Waals surface area contributed by atoms with Crippen LogP contribution in [0.2, 0.25) is 5.02 Å². The van der Waals surface area contributed by atoms with Gasteiger partial charge in [0, 0.05) is 43.0 Å². The van der Waals surface area contributed by atoms with E-state index in [1.165, 1.54) is 15.5 Å². The lowest BCUT2D eigenvalue weighted by Crippen LogP contribution is -2.25. The first-order valence-corrected chi connectivity index (χ1v) is 9.82. The van der Waals surface area contributed by atoms with Gasteiger partial charge in [-0.3, -0.25) is 9.59 Å². The lowest BCUT2D eigenvalue weighted by atomic mass is 10.1. The van der Waals surface area contributed by atoms with E-state index in [-0.39, 0.29) is 35.4 Å². The second-order valence-electron chi connectivity index (χ2n) is 7.28. The summed E-state index contributed by atoms with van der Waals surface area (Å²) in [6.07, 6.45) is 0. The molecule has 0 aliphatic carbocycles. The van der Waals surface area contributed by atoms with E-state index in [1.807, 2.05) is 6.07 Å². The van der Waals surface area contributed by atoms with Gasteiger partial charge in [0.05, 0.1) is 6.54 Å². The predicted octanol–water partition coefficient (Wildman–Crippen LogP) is 4.42. The average molecular weight is 447 g/mol. The summed E-state index contributed by atoms with van der Waals surface area (Å²) in [7, 11) is 3.33. The fourth-order valence-electron chi connectivity index (χ4n) is 3.05. The van der Waals surface area contributed by atoms with E-state index < -0.39 is 17.2 Å². The molecule has 0 spiro atoms. The van der Waals surface area contributed by atoms with Crippen LogP contribution in [-0.2, 0) is 13.2 Å². The molecule has 31 heavy (non-hydrogen) atoms. The zero-order chi connectivity index (χ0) is 22.7. The molecule has 0 N–H and O–H groups in total. The maximum absolute atomic E-state index is 13.8. The number of halogens is 3. The number of carbonyl (C=O) groups is 1. The summed E-state index contributed by atoms with van der Waals surface area (Å²) in [5, 5.41) is -0.145. The number of hydrogen-bond acceptors (Lipinski definition) is 3. The highest BCUT2D eigenvalue weighted by Gasteiger charge is 2.15. The monoisotopic (exact) mass is 446 g/mol. The van der Waals surface area contributed by atoms with Gasteiger partial charge in [0.1, 0.15) is 29.0 Å². The molecule has 0 aliphatic heterocycles. The molecule has 2 aromatic carbocycles. The summed E-state index contributed by atoms with van der Waals surface area (Å²) in [6.45, 7) is 1.73. The van der Waals surface area contributed by atoms with Gasteiger partial charge < -0.3 is 14.2 Å². The normalized spacial score (nSPS) is 10.8. The molecule has 0 unspecified atom stereocenters. The molecule has 3 rings (SSSR count). The molecule has 0 atom stereocenters. The number of hydrogen-bond donors (Lipinski definition) is 0. The standard InChI is InChI=1S/C23H21ClF2N2O3/c1-14-9-20(31-13-17-7-8-18(25)11-19(17)26)21(24)23(30)28(14)12-15-5-4-6-16(10-15)22(29)27(2)3/h4-11H,12-13H2,1-3H3. The molecule has 1 amide bonds. The number of pyridine rings is 1. The van der Waals surface area contributed by atoms with Crippen LogP contribution in [0.3, 0.4) is 0 Å². The molecule has 1 heterocycles. The highest BCUT2D eigenvalue weighted by Crippen LogP contribution is 2.24. The zero-order valence-electron chi connectivity index (χ0n) is 17.3. The molecule has 3 aromatic rings. The minimum absolute atomic E-state index is 0.112. The lowest BCUT2D eigenvalue weighted by molar-refractivity contribution is 0.0827.